The van der Waals surface area contributed by atoms with Gasteiger partial charge in [0, 0.05) is 19.3 Å². The number of aromatic nitrogens is 1. The van der Waals surface area contributed by atoms with Gasteiger partial charge in [0.2, 0.25) is 15.9 Å². The minimum Gasteiger partial charge on any atom is -0.310 e. The van der Waals surface area contributed by atoms with E-state index in [1.807, 2.05) is 0 Å². The zero-order chi connectivity index (χ0) is 14.8. The summed E-state index contributed by atoms with van der Waals surface area (Å²) >= 11 is 5.72. The summed E-state index contributed by atoms with van der Waals surface area (Å²) in [4.78, 5) is 16.1. The molecule has 0 unspecified atom stereocenters. The van der Waals surface area contributed by atoms with Gasteiger partial charge in [-0.05, 0) is 25.0 Å². The Morgan fingerprint density at radius 3 is 2.85 bits per heavy atom. The van der Waals surface area contributed by atoms with E-state index in [0.717, 1.165) is 6.26 Å². The topological polar surface area (TPSA) is 79.4 Å². The molecule has 1 fully saturated rings. The van der Waals surface area contributed by atoms with Gasteiger partial charge in [-0.1, -0.05) is 11.6 Å². The van der Waals surface area contributed by atoms with Crippen LogP contribution in [0.2, 0.25) is 5.02 Å². The van der Waals surface area contributed by atoms with Crippen molar-refractivity contribution in [2.45, 2.75) is 12.8 Å². The van der Waals surface area contributed by atoms with E-state index in [-0.39, 0.29) is 18.4 Å². The number of anilines is 1. The van der Waals surface area contributed by atoms with Crippen molar-refractivity contribution in [3.05, 3.63) is 23.4 Å². The van der Waals surface area contributed by atoms with Crippen LogP contribution in [0.1, 0.15) is 12.8 Å². The third kappa shape index (κ3) is 3.91. The molecule has 1 saturated heterocycles. The van der Waals surface area contributed by atoms with Crippen molar-refractivity contribution in [3.63, 3.8) is 0 Å². The fourth-order valence-corrected chi connectivity index (χ4v) is 3.16. The van der Waals surface area contributed by atoms with E-state index in [9.17, 15) is 13.2 Å². The molecule has 1 N–H and O–H groups in total. The van der Waals surface area contributed by atoms with Crippen LogP contribution in [0.4, 0.5) is 5.82 Å². The summed E-state index contributed by atoms with van der Waals surface area (Å²) in [6.07, 6.45) is 3.96. The molecule has 1 aliphatic rings. The van der Waals surface area contributed by atoms with E-state index in [2.05, 4.69) is 10.3 Å². The molecule has 0 spiro atoms. The summed E-state index contributed by atoms with van der Waals surface area (Å²) in [6.45, 7) is 0.695. The summed E-state index contributed by atoms with van der Waals surface area (Å²) in [6, 6.07) is 3.24. The number of hydrogen-bond donors (Lipinski definition) is 1. The molecule has 2 rings (SSSR count). The van der Waals surface area contributed by atoms with E-state index < -0.39 is 10.0 Å². The quantitative estimate of drug-likeness (QED) is 0.912. The Kier molecular flexibility index (Phi) is 4.62. The lowest BCUT2D eigenvalue weighted by Crippen LogP contribution is -2.43. The van der Waals surface area contributed by atoms with Crippen molar-refractivity contribution in [2.24, 2.45) is 5.92 Å². The predicted octanol–water partition coefficient (Wildman–Crippen LogP) is 1.35. The molecule has 0 aromatic carbocycles. The highest BCUT2D eigenvalue weighted by atomic mass is 35.5. The third-order valence-corrected chi connectivity index (χ3v) is 4.70. The Bertz CT molecular complexity index is 588. The number of halogens is 1. The van der Waals surface area contributed by atoms with Crippen LogP contribution in [0.3, 0.4) is 0 Å². The highest BCUT2D eigenvalue weighted by Crippen LogP contribution is 2.20. The molecule has 1 aromatic heterocycles. The molecular formula is C12H16ClN3O3S. The lowest BCUT2D eigenvalue weighted by Gasteiger charge is -2.29. The molecule has 6 nitrogen and oxygen atoms in total. The Hall–Kier alpha value is -1.18. The summed E-state index contributed by atoms with van der Waals surface area (Å²) in [5.74, 6) is -0.153. The van der Waals surface area contributed by atoms with Gasteiger partial charge in [0.25, 0.3) is 0 Å². The smallest absolute Gasteiger partial charge is 0.229 e. The van der Waals surface area contributed by atoms with E-state index in [1.165, 1.54) is 10.5 Å². The fraction of sp³-hybridized carbons (Fsp3) is 0.500. The van der Waals surface area contributed by atoms with Gasteiger partial charge >= 0.3 is 0 Å². The number of amides is 1. The molecule has 20 heavy (non-hydrogen) atoms. The standard InChI is InChI=1S/C12H16ClN3O3S/c1-20(18,19)16-6-2-3-9(8-16)12(17)15-11-5-4-10(13)7-14-11/h4-5,7,9H,2-3,6,8H2,1H3,(H,14,15,17)/t9-/m0/s1. The first-order chi connectivity index (χ1) is 9.36. The second kappa shape index (κ2) is 6.07. The molecule has 8 heteroatoms. The number of carbonyl (C=O) groups is 1. The average molecular weight is 318 g/mol. The Morgan fingerprint density at radius 1 is 1.50 bits per heavy atom. The van der Waals surface area contributed by atoms with Crippen LogP contribution in [0, 0.1) is 5.92 Å². The maximum Gasteiger partial charge on any atom is 0.229 e. The van der Waals surface area contributed by atoms with Crippen molar-refractivity contribution in [2.75, 3.05) is 24.7 Å². The van der Waals surface area contributed by atoms with Gasteiger partial charge in [-0.25, -0.2) is 17.7 Å². The third-order valence-electron chi connectivity index (χ3n) is 3.20. The van der Waals surface area contributed by atoms with Gasteiger partial charge in [-0.2, -0.15) is 0 Å². The van der Waals surface area contributed by atoms with Crippen molar-refractivity contribution >= 4 is 33.3 Å². The highest BCUT2D eigenvalue weighted by molar-refractivity contribution is 7.88. The predicted molar refractivity (Wildman–Crippen MR) is 77.0 cm³/mol. The van der Waals surface area contributed by atoms with Crippen LogP contribution >= 0.6 is 11.6 Å². The maximum atomic E-state index is 12.1. The molecule has 2 heterocycles. The van der Waals surface area contributed by atoms with Crippen molar-refractivity contribution in [3.8, 4) is 0 Å². The average Bonchev–Trinajstić information content (AvgIpc) is 2.40. The maximum absolute atomic E-state index is 12.1. The molecule has 1 aliphatic heterocycles. The molecule has 1 atom stereocenters. The molecular weight excluding hydrogens is 302 g/mol. The number of carbonyl (C=O) groups excluding carboxylic acids is 1. The van der Waals surface area contributed by atoms with Crippen molar-refractivity contribution in [1.29, 1.82) is 0 Å². The largest absolute Gasteiger partial charge is 0.310 e. The molecule has 0 bridgehead atoms. The Balaban J connectivity index is 2.00. The summed E-state index contributed by atoms with van der Waals surface area (Å²) in [5, 5.41) is 3.17. The monoisotopic (exact) mass is 317 g/mol. The first kappa shape index (κ1) is 15.2. The van der Waals surface area contributed by atoms with Crippen LogP contribution in [0.5, 0.6) is 0 Å². The SMILES string of the molecule is CS(=O)(=O)N1CCC[C@H](C(=O)Nc2ccc(Cl)cn2)C1. The van der Waals surface area contributed by atoms with E-state index in [1.54, 1.807) is 12.1 Å². The number of sulfonamides is 1. The van der Waals surface area contributed by atoms with Crippen LogP contribution in [-0.4, -0.2) is 43.0 Å². The van der Waals surface area contributed by atoms with Crippen molar-refractivity contribution < 1.29 is 13.2 Å². The van der Waals surface area contributed by atoms with Gasteiger partial charge in [0.1, 0.15) is 5.82 Å². The summed E-state index contributed by atoms with van der Waals surface area (Å²) in [7, 11) is -3.25. The highest BCUT2D eigenvalue weighted by Gasteiger charge is 2.30. The van der Waals surface area contributed by atoms with Gasteiger partial charge in [-0.15, -0.1) is 0 Å². The van der Waals surface area contributed by atoms with Crippen LogP contribution in [0.15, 0.2) is 18.3 Å². The summed E-state index contributed by atoms with van der Waals surface area (Å²) in [5.41, 5.74) is 0. The minimum absolute atomic E-state index is 0.215. The minimum atomic E-state index is -3.25. The molecule has 1 amide bonds. The van der Waals surface area contributed by atoms with Gasteiger partial charge in [0.05, 0.1) is 17.2 Å². The molecule has 0 saturated carbocycles. The zero-order valence-corrected chi connectivity index (χ0v) is 12.6. The van der Waals surface area contributed by atoms with E-state index in [4.69, 9.17) is 11.6 Å². The van der Waals surface area contributed by atoms with Crippen molar-refractivity contribution in [1.82, 2.24) is 9.29 Å². The first-order valence-corrected chi connectivity index (χ1v) is 8.46. The second-order valence-corrected chi connectivity index (χ2v) is 7.23. The number of piperidine rings is 1. The van der Waals surface area contributed by atoms with Gasteiger partial charge in [0.15, 0.2) is 0 Å². The number of hydrogen-bond acceptors (Lipinski definition) is 4. The molecule has 0 radical (unpaired) electrons. The number of nitrogens with one attached hydrogen (secondary N) is 1. The number of pyridine rings is 1. The Morgan fingerprint density at radius 2 is 2.25 bits per heavy atom. The zero-order valence-electron chi connectivity index (χ0n) is 11.0. The van der Waals surface area contributed by atoms with E-state index >= 15 is 0 Å². The first-order valence-electron chi connectivity index (χ1n) is 6.24. The summed E-state index contributed by atoms with van der Waals surface area (Å²) < 4.78 is 24.4. The Labute approximate surface area is 123 Å². The van der Waals surface area contributed by atoms with Crippen LogP contribution in [0.25, 0.3) is 0 Å². The molecule has 1 aromatic rings. The molecule has 0 aliphatic carbocycles. The number of rotatable bonds is 3. The lowest BCUT2D eigenvalue weighted by molar-refractivity contribution is -0.120. The van der Waals surface area contributed by atoms with Gasteiger partial charge in [-0.3, -0.25) is 4.79 Å². The fourth-order valence-electron chi connectivity index (χ4n) is 2.14. The van der Waals surface area contributed by atoms with Crippen LogP contribution < -0.4 is 5.32 Å². The second-order valence-electron chi connectivity index (χ2n) is 4.81. The molecule has 110 valence electrons. The van der Waals surface area contributed by atoms with Crippen LogP contribution in [-0.2, 0) is 14.8 Å². The van der Waals surface area contributed by atoms with E-state index in [0.29, 0.717) is 30.2 Å². The lowest BCUT2D eigenvalue weighted by atomic mass is 9.99. The van der Waals surface area contributed by atoms with Gasteiger partial charge < -0.3 is 5.32 Å². The normalized spacial score (nSPS) is 20.6. The number of nitrogens with zero attached hydrogens (tertiary/aromatic N) is 2.